The molecule has 5 N–H and O–H groups in total. The van der Waals surface area contributed by atoms with Crippen LogP contribution in [0.15, 0.2) is 50.5 Å². The summed E-state index contributed by atoms with van der Waals surface area (Å²) < 4.78 is 30.6. The van der Waals surface area contributed by atoms with Crippen molar-refractivity contribution in [3.8, 4) is 11.5 Å². The van der Waals surface area contributed by atoms with Crippen LogP contribution in [0.2, 0.25) is 0 Å². The molecule has 1 aliphatic heterocycles. The van der Waals surface area contributed by atoms with E-state index in [1.54, 1.807) is 12.1 Å². The Morgan fingerprint density at radius 2 is 1.88 bits per heavy atom. The minimum atomic E-state index is -4.21. The predicted molar refractivity (Wildman–Crippen MR) is 130 cm³/mol. The van der Waals surface area contributed by atoms with Gasteiger partial charge < -0.3 is 25.8 Å². The molecule has 3 aromatic rings. The van der Waals surface area contributed by atoms with E-state index >= 15 is 0 Å². The maximum absolute atomic E-state index is 13.4. The van der Waals surface area contributed by atoms with Crippen molar-refractivity contribution in [2.24, 2.45) is 10.3 Å². The van der Waals surface area contributed by atoms with E-state index in [0.717, 1.165) is 6.07 Å². The van der Waals surface area contributed by atoms with E-state index in [2.05, 4.69) is 9.71 Å². The van der Waals surface area contributed by atoms with Gasteiger partial charge in [-0.3, -0.25) is 4.79 Å². The van der Waals surface area contributed by atoms with Crippen LogP contribution in [0.1, 0.15) is 25.8 Å². The highest BCUT2D eigenvalue weighted by atomic mass is 79.9. The Kier molecular flexibility index (Phi) is 6.25. The first-order chi connectivity index (χ1) is 14.6. The number of benzene rings is 2. The number of nitrogens with one attached hydrogen (secondary N) is 1. The first kappa shape index (κ1) is 23.6. The SMILES string of the molecule is Br.CC(C)CCn1c(=O)c(C2=NS(=O)(=O)c3cc(O)ccc3N2)c(O)c2cc(N)ccc21. The number of halogens is 1. The number of aryl methyl sites for hydroxylation is 1. The molecule has 32 heavy (non-hydrogen) atoms. The number of sulfonamides is 1. The molecule has 1 aliphatic rings. The molecule has 1 aromatic heterocycles. The van der Waals surface area contributed by atoms with E-state index < -0.39 is 21.3 Å². The number of nitrogen functional groups attached to an aromatic ring is 1. The Balaban J connectivity index is 0.00000289. The summed E-state index contributed by atoms with van der Waals surface area (Å²) in [6.07, 6.45) is 0.698. The first-order valence-corrected chi connectivity index (χ1v) is 11.1. The summed E-state index contributed by atoms with van der Waals surface area (Å²) in [6.45, 7) is 4.42. The van der Waals surface area contributed by atoms with Crippen LogP contribution in [0, 0.1) is 5.92 Å². The van der Waals surface area contributed by atoms with Gasteiger partial charge in [0.05, 0.1) is 11.2 Å². The second kappa shape index (κ2) is 8.47. The number of pyridine rings is 1. The van der Waals surface area contributed by atoms with Gasteiger partial charge in [0.15, 0.2) is 5.84 Å². The number of hydrogen-bond acceptors (Lipinski definition) is 7. The Labute approximate surface area is 195 Å². The Morgan fingerprint density at radius 1 is 1.16 bits per heavy atom. The van der Waals surface area contributed by atoms with Gasteiger partial charge in [0.1, 0.15) is 22.0 Å². The zero-order valence-electron chi connectivity index (χ0n) is 17.4. The first-order valence-electron chi connectivity index (χ1n) is 9.69. The van der Waals surface area contributed by atoms with E-state index in [0.29, 0.717) is 35.5 Å². The number of anilines is 2. The molecule has 0 saturated carbocycles. The lowest BCUT2D eigenvalue weighted by molar-refractivity contribution is 0.472. The quantitative estimate of drug-likeness (QED) is 0.303. The number of nitrogens with zero attached hydrogens (tertiary/aromatic N) is 2. The molecule has 0 aliphatic carbocycles. The average Bonchev–Trinajstić information content (AvgIpc) is 2.68. The van der Waals surface area contributed by atoms with E-state index in [1.807, 2.05) is 13.8 Å². The van der Waals surface area contributed by atoms with E-state index in [9.17, 15) is 23.4 Å². The lowest BCUT2D eigenvalue weighted by Crippen LogP contribution is -2.33. The fraction of sp³-hybridized carbons (Fsp3) is 0.238. The number of hydrogen-bond donors (Lipinski definition) is 4. The van der Waals surface area contributed by atoms with Crippen molar-refractivity contribution in [3.63, 3.8) is 0 Å². The van der Waals surface area contributed by atoms with Crippen molar-refractivity contribution < 1.29 is 18.6 Å². The van der Waals surface area contributed by atoms with Crippen molar-refractivity contribution in [3.05, 3.63) is 52.3 Å². The summed E-state index contributed by atoms with van der Waals surface area (Å²) in [5.41, 5.74) is 6.07. The van der Waals surface area contributed by atoms with Crippen LogP contribution < -0.4 is 16.6 Å². The summed E-state index contributed by atoms with van der Waals surface area (Å²) in [4.78, 5) is 13.2. The molecule has 11 heteroatoms. The van der Waals surface area contributed by atoms with Crippen LogP contribution in [-0.4, -0.2) is 29.0 Å². The highest BCUT2D eigenvalue weighted by molar-refractivity contribution is 8.93. The summed E-state index contributed by atoms with van der Waals surface area (Å²) in [5, 5.41) is 23.7. The maximum Gasteiger partial charge on any atom is 0.286 e. The van der Waals surface area contributed by atoms with Crippen molar-refractivity contribution in [1.82, 2.24) is 4.57 Å². The summed E-state index contributed by atoms with van der Waals surface area (Å²) in [7, 11) is -4.21. The van der Waals surface area contributed by atoms with E-state index in [1.165, 1.54) is 22.8 Å². The molecule has 2 aromatic carbocycles. The molecule has 0 radical (unpaired) electrons. The number of amidine groups is 1. The van der Waals surface area contributed by atoms with E-state index in [4.69, 9.17) is 5.73 Å². The van der Waals surface area contributed by atoms with E-state index in [-0.39, 0.29) is 44.7 Å². The molecule has 0 spiro atoms. The molecular weight excluding hydrogens is 500 g/mol. The lowest BCUT2D eigenvalue weighted by Gasteiger charge is -2.21. The highest BCUT2D eigenvalue weighted by Gasteiger charge is 2.30. The summed E-state index contributed by atoms with van der Waals surface area (Å²) >= 11 is 0. The van der Waals surface area contributed by atoms with Gasteiger partial charge in [-0.1, -0.05) is 13.8 Å². The second-order valence-corrected chi connectivity index (χ2v) is 9.43. The number of phenolic OH excluding ortho intramolecular Hbond substituents is 1. The van der Waals surface area contributed by atoms with Gasteiger partial charge in [-0.25, -0.2) is 0 Å². The standard InChI is InChI=1S/C21H22N4O5S.BrH/c1-11(2)7-8-25-16-6-3-12(22)9-14(16)19(27)18(21(25)28)20-23-15-5-4-13(26)10-17(15)31(29,30)24-20;/h3-6,9-11,26-27H,7-8,22H2,1-2H3,(H,23,24);1H. The van der Waals surface area contributed by atoms with Crippen LogP contribution in [0.25, 0.3) is 10.9 Å². The monoisotopic (exact) mass is 522 g/mol. The van der Waals surface area contributed by atoms with Gasteiger partial charge in [0.25, 0.3) is 15.6 Å². The largest absolute Gasteiger partial charge is 0.508 e. The van der Waals surface area contributed by atoms with Crippen LogP contribution in [-0.2, 0) is 16.6 Å². The molecular formula is C21H23BrN4O5S. The third-order valence-corrected chi connectivity index (χ3v) is 6.45. The predicted octanol–water partition coefficient (Wildman–Crippen LogP) is 3.18. The second-order valence-electron chi connectivity index (χ2n) is 7.86. The minimum absolute atomic E-state index is 0. The van der Waals surface area contributed by atoms with Crippen molar-refractivity contribution in [1.29, 1.82) is 0 Å². The van der Waals surface area contributed by atoms with Gasteiger partial charge in [0, 0.05) is 23.7 Å². The fourth-order valence-electron chi connectivity index (χ4n) is 3.54. The molecule has 0 amide bonds. The Hall–Kier alpha value is -3.05. The van der Waals surface area contributed by atoms with Gasteiger partial charge in [-0.15, -0.1) is 21.4 Å². The topological polar surface area (TPSA) is 147 Å². The highest BCUT2D eigenvalue weighted by Crippen LogP contribution is 2.34. The van der Waals surface area contributed by atoms with Gasteiger partial charge >= 0.3 is 0 Å². The molecule has 170 valence electrons. The number of fused-ring (bicyclic) bond motifs is 2. The van der Waals surface area contributed by atoms with Crippen molar-refractivity contribution in [2.45, 2.75) is 31.7 Å². The fourth-order valence-corrected chi connectivity index (χ4v) is 4.68. The third-order valence-electron chi connectivity index (χ3n) is 5.14. The van der Waals surface area contributed by atoms with Crippen molar-refractivity contribution >= 4 is 55.1 Å². The van der Waals surface area contributed by atoms with Crippen LogP contribution in [0.4, 0.5) is 11.4 Å². The Bertz CT molecular complexity index is 1410. The van der Waals surface area contributed by atoms with Gasteiger partial charge in [0.2, 0.25) is 0 Å². The van der Waals surface area contributed by atoms with Gasteiger partial charge in [-0.05, 0) is 42.7 Å². The number of rotatable bonds is 4. The average molecular weight is 523 g/mol. The smallest absolute Gasteiger partial charge is 0.286 e. The molecule has 0 unspecified atom stereocenters. The lowest BCUT2D eigenvalue weighted by atomic mass is 10.1. The minimum Gasteiger partial charge on any atom is -0.508 e. The van der Waals surface area contributed by atoms with Gasteiger partial charge in [-0.2, -0.15) is 8.42 Å². The molecule has 0 bridgehead atoms. The van der Waals surface area contributed by atoms with Crippen LogP contribution in [0.5, 0.6) is 11.5 Å². The summed E-state index contributed by atoms with van der Waals surface area (Å²) in [5.74, 6) is -0.610. The molecule has 0 saturated heterocycles. The molecule has 0 atom stereocenters. The Morgan fingerprint density at radius 3 is 2.56 bits per heavy atom. The number of nitrogens with two attached hydrogens (primary N) is 1. The molecule has 4 rings (SSSR count). The van der Waals surface area contributed by atoms with Crippen molar-refractivity contribution in [2.75, 3.05) is 11.1 Å². The number of aromatic nitrogens is 1. The van der Waals surface area contributed by atoms with Crippen LogP contribution in [0.3, 0.4) is 0 Å². The summed E-state index contributed by atoms with van der Waals surface area (Å²) in [6, 6.07) is 8.57. The maximum atomic E-state index is 13.4. The molecule has 2 heterocycles. The number of aromatic hydroxyl groups is 2. The number of phenols is 1. The molecule has 9 nitrogen and oxygen atoms in total. The molecule has 0 fully saturated rings. The zero-order valence-corrected chi connectivity index (χ0v) is 19.9. The normalized spacial score (nSPS) is 14.4. The third kappa shape index (κ3) is 4.05. The zero-order chi connectivity index (χ0) is 22.5. The van der Waals surface area contributed by atoms with Crippen LogP contribution >= 0.6 is 17.0 Å².